The molecule has 17 heavy (non-hydrogen) atoms. The minimum Gasteiger partial charge on any atom is -0.397 e. The highest BCUT2D eigenvalue weighted by Crippen LogP contribution is 2.09. The molecule has 6 nitrogen and oxygen atoms in total. The van der Waals surface area contributed by atoms with Crippen molar-refractivity contribution < 1.29 is 9.32 Å². The van der Waals surface area contributed by atoms with E-state index in [0.717, 1.165) is 0 Å². The Labute approximate surface area is 97.8 Å². The summed E-state index contributed by atoms with van der Waals surface area (Å²) in [5, 5.41) is 6.25. The molecule has 88 valence electrons. The van der Waals surface area contributed by atoms with Gasteiger partial charge in [-0.15, -0.1) is 0 Å². The lowest BCUT2D eigenvalue weighted by atomic mass is 10.2. The van der Waals surface area contributed by atoms with Gasteiger partial charge in [-0.1, -0.05) is 5.16 Å². The molecule has 2 aromatic heterocycles. The van der Waals surface area contributed by atoms with Crippen molar-refractivity contribution in [2.75, 3.05) is 5.73 Å². The van der Waals surface area contributed by atoms with Crippen LogP contribution >= 0.6 is 0 Å². The van der Waals surface area contributed by atoms with E-state index in [2.05, 4.69) is 15.5 Å². The second kappa shape index (κ2) is 4.65. The number of nitrogens with two attached hydrogens (primary N) is 1. The van der Waals surface area contributed by atoms with Crippen LogP contribution in [0.3, 0.4) is 0 Å². The first-order valence-corrected chi connectivity index (χ1v) is 5.06. The Balaban J connectivity index is 2.07. The lowest BCUT2D eigenvalue weighted by Gasteiger charge is -2.06. The van der Waals surface area contributed by atoms with Crippen LogP contribution in [0.15, 0.2) is 29.0 Å². The number of nitrogen functional groups attached to an aromatic ring is 1. The van der Waals surface area contributed by atoms with Crippen LogP contribution in [0.1, 0.15) is 21.8 Å². The number of anilines is 1. The maximum atomic E-state index is 11.8. The molecular formula is C11H12N4O2. The van der Waals surface area contributed by atoms with Crippen molar-refractivity contribution in [2.24, 2.45) is 0 Å². The van der Waals surface area contributed by atoms with E-state index in [9.17, 15) is 4.79 Å². The summed E-state index contributed by atoms with van der Waals surface area (Å²) in [6.07, 6.45) is 3.04. The van der Waals surface area contributed by atoms with Crippen molar-refractivity contribution in [3.63, 3.8) is 0 Å². The fourth-order valence-electron chi connectivity index (χ4n) is 1.38. The number of nitrogens with zero attached hydrogens (tertiary/aromatic N) is 2. The van der Waals surface area contributed by atoms with Gasteiger partial charge in [0.05, 0.1) is 35.9 Å². The molecule has 2 rings (SSSR count). The normalized spacial score (nSPS) is 10.2. The molecule has 0 aromatic carbocycles. The molecule has 2 aromatic rings. The van der Waals surface area contributed by atoms with E-state index in [1.54, 1.807) is 19.1 Å². The number of pyridine rings is 1. The zero-order chi connectivity index (χ0) is 12.3. The molecule has 0 aliphatic heterocycles. The summed E-state index contributed by atoms with van der Waals surface area (Å²) < 4.78 is 4.87. The molecule has 0 atom stereocenters. The molecule has 6 heteroatoms. The van der Waals surface area contributed by atoms with Gasteiger partial charge in [0, 0.05) is 6.07 Å². The Kier molecular flexibility index (Phi) is 3.04. The van der Waals surface area contributed by atoms with Gasteiger partial charge in [-0.25, -0.2) is 0 Å². The van der Waals surface area contributed by atoms with Crippen molar-refractivity contribution in [1.29, 1.82) is 0 Å². The van der Waals surface area contributed by atoms with Crippen molar-refractivity contribution in [3.05, 3.63) is 41.5 Å². The van der Waals surface area contributed by atoms with Crippen molar-refractivity contribution in [1.82, 2.24) is 15.5 Å². The summed E-state index contributed by atoms with van der Waals surface area (Å²) >= 11 is 0. The van der Waals surface area contributed by atoms with Crippen LogP contribution in [0.2, 0.25) is 0 Å². The quantitative estimate of drug-likeness (QED) is 0.819. The number of aryl methyl sites for hydroxylation is 1. The highest BCUT2D eigenvalue weighted by atomic mass is 16.5. The second-order valence-electron chi connectivity index (χ2n) is 3.56. The van der Waals surface area contributed by atoms with Gasteiger partial charge in [0.15, 0.2) is 5.76 Å². The molecule has 0 aliphatic carbocycles. The molecule has 0 bridgehead atoms. The third-order valence-corrected chi connectivity index (χ3v) is 2.27. The van der Waals surface area contributed by atoms with E-state index in [4.69, 9.17) is 10.3 Å². The van der Waals surface area contributed by atoms with E-state index >= 15 is 0 Å². The monoisotopic (exact) mass is 232 g/mol. The van der Waals surface area contributed by atoms with Crippen LogP contribution in [0, 0.1) is 6.92 Å². The van der Waals surface area contributed by atoms with Gasteiger partial charge >= 0.3 is 0 Å². The maximum Gasteiger partial charge on any atom is 0.253 e. The second-order valence-corrected chi connectivity index (χ2v) is 3.56. The average molecular weight is 232 g/mol. The Bertz CT molecular complexity index is 522. The Morgan fingerprint density at radius 3 is 3.12 bits per heavy atom. The molecule has 0 radical (unpaired) electrons. The summed E-state index contributed by atoms with van der Waals surface area (Å²) in [5.41, 5.74) is 7.14. The van der Waals surface area contributed by atoms with Crippen molar-refractivity contribution >= 4 is 11.6 Å². The number of hydrogen-bond donors (Lipinski definition) is 2. The molecule has 1 amide bonds. The van der Waals surface area contributed by atoms with Gasteiger partial charge in [0.25, 0.3) is 5.91 Å². The number of carbonyl (C=O) groups excluding carboxylic acids is 1. The first kappa shape index (κ1) is 11.1. The van der Waals surface area contributed by atoms with E-state index < -0.39 is 0 Å². The predicted molar refractivity (Wildman–Crippen MR) is 61.1 cm³/mol. The zero-order valence-corrected chi connectivity index (χ0v) is 9.30. The summed E-state index contributed by atoms with van der Waals surface area (Å²) in [6.45, 7) is 2.04. The van der Waals surface area contributed by atoms with E-state index in [1.165, 1.54) is 12.4 Å². The molecule has 0 spiro atoms. The van der Waals surface area contributed by atoms with Gasteiger partial charge in [-0.05, 0) is 13.0 Å². The van der Waals surface area contributed by atoms with Crippen molar-refractivity contribution in [3.8, 4) is 0 Å². The largest absolute Gasteiger partial charge is 0.397 e. The summed E-state index contributed by atoms with van der Waals surface area (Å²) in [5.74, 6) is 0.353. The minimum atomic E-state index is -0.237. The minimum absolute atomic E-state index is 0.237. The number of nitrogens with one attached hydrogen (secondary N) is 1. The van der Waals surface area contributed by atoms with Gasteiger partial charge in [0.1, 0.15) is 0 Å². The van der Waals surface area contributed by atoms with Gasteiger partial charge in [0.2, 0.25) is 0 Å². The van der Waals surface area contributed by atoms with Crippen LogP contribution < -0.4 is 11.1 Å². The van der Waals surface area contributed by atoms with Crippen molar-refractivity contribution in [2.45, 2.75) is 13.5 Å². The number of carbonyl (C=O) groups is 1. The molecule has 2 heterocycles. The third kappa shape index (κ3) is 2.60. The Morgan fingerprint density at radius 2 is 2.41 bits per heavy atom. The molecule has 0 unspecified atom stereocenters. The maximum absolute atomic E-state index is 11.8. The molecule has 0 fully saturated rings. The number of amides is 1. The topological polar surface area (TPSA) is 94.0 Å². The molecule has 0 aliphatic rings. The van der Waals surface area contributed by atoms with Gasteiger partial charge in [-0.3, -0.25) is 9.78 Å². The van der Waals surface area contributed by atoms with E-state index in [-0.39, 0.29) is 12.5 Å². The fraction of sp³-hybridized carbons (Fsp3) is 0.182. The first-order valence-electron chi connectivity index (χ1n) is 5.06. The number of hydrogen-bond acceptors (Lipinski definition) is 5. The third-order valence-electron chi connectivity index (χ3n) is 2.27. The van der Waals surface area contributed by atoms with Gasteiger partial charge in [-0.2, -0.15) is 0 Å². The van der Waals surface area contributed by atoms with E-state index in [1.807, 2.05) is 0 Å². The first-order chi connectivity index (χ1) is 8.16. The summed E-state index contributed by atoms with van der Waals surface area (Å²) in [6, 6.07) is 3.28. The molecule has 0 saturated heterocycles. The Morgan fingerprint density at radius 1 is 1.59 bits per heavy atom. The van der Waals surface area contributed by atoms with E-state index in [0.29, 0.717) is 22.7 Å². The highest BCUT2D eigenvalue weighted by Gasteiger charge is 2.10. The lowest BCUT2D eigenvalue weighted by Crippen LogP contribution is -2.23. The molecular weight excluding hydrogens is 220 g/mol. The number of aromatic nitrogens is 2. The Hall–Kier alpha value is -2.37. The van der Waals surface area contributed by atoms with Crippen LogP contribution in [-0.4, -0.2) is 16.0 Å². The SMILES string of the molecule is Cc1ncc(N)cc1C(=O)NCc1ccno1. The smallest absolute Gasteiger partial charge is 0.253 e. The average Bonchev–Trinajstić information content (AvgIpc) is 2.82. The standard InChI is InChI=1S/C11H12N4O2/c1-7-10(4-8(12)5-13-7)11(16)14-6-9-2-3-15-17-9/h2-5H,6,12H2,1H3,(H,14,16). The highest BCUT2D eigenvalue weighted by molar-refractivity contribution is 5.95. The lowest BCUT2D eigenvalue weighted by molar-refractivity contribution is 0.0946. The van der Waals surface area contributed by atoms with Crippen LogP contribution in [0.5, 0.6) is 0 Å². The zero-order valence-electron chi connectivity index (χ0n) is 9.30. The molecule has 0 saturated carbocycles. The van der Waals surface area contributed by atoms with Crippen LogP contribution in [0.4, 0.5) is 5.69 Å². The van der Waals surface area contributed by atoms with Crippen LogP contribution in [0.25, 0.3) is 0 Å². The van der Waals surface area contributed by atoms with Gasteiger partial charge < -0.3 is 15.6 Å². The summed E-state index contributed by atoms with van der Waals surface area (Å²) in [7, 11) is 0. The number of rotatable bonds is 3. The predicted octanol–water partition coefficient (Wildman–Crippen LogP) is 0.890. The van der Waals surface area contributed by atoms with Crippen LogP contribution in [-0.2, 0) is 6.54 Å². The fourth-order valence-corrected chi connectivity index (χ4v) is 1.38. The summed E-state index contributed by atoms with van der Waals surface area (Å²) in [4.78, 5) is 15.9. The molecule has 3 N–H and O–H groups in total.